The lowest BCUT2D eigenvalue weighted by Crippen LogP contribution is -2.37. The molecule has 0 spiro atoms. The molecular formula is C22H24Cl2F3N9O2. The van der Waals surface area contributed by atoms with E-state index in [4.69, 9.17) is 17.3 Å². The van der Waals surface area contributed by atoms with Crippen molar-refractivity contribution in [1.82, 2.24) is 34.1 Å². The van der Waals surface area contributed by atoms with E-state index in [2.05, 4.69) is 25.5 Å². The maximum atomic E-state index is 13.1. The third-order valence-electron chi connectivity index (χ3n) is 5.43. The van der Waals surface area contributed by atoms with Crippen LogP contribution in [0.3, 0.4) is 0 Å². The third-order valence-corrected chi connectivity index (χ3v) is 5.68. The molecule has 1 aromatic carbocycles. The van der Waals surface area contributed by atoms with Crippen LogP contribution in [0.25, 0.3) is 17.1 Å². The van der Waals surface area contributed by atoms with E-state index in [1.54, 1.807) is 32.4 Å². The van der Waals surface area contributed by atoms with E-state index in [1.807, 2.05) is 0 Å². The minimum absolute atomic E-state index is 0. The molecule has 0 radical (unpaired) electrons. The molecule has 16 heteroatoms. The standard InChI is InChI=1S/C22H23ClF3N9O2.ClH/c1-12(27)19-30-18(31-35(19)16-9-29-8-7-15(16)28-2)11-34-21(37)33(10-17(36)22(24,25)26)20(32-34)13-3-5-14(23)6-4-13;/h3-9,12,17,36H,10-11,27H2,1-2H3,(H,28,29);1H. The van der Waals surface area contributed by atoms with Crippen LogP contribution in [0.4, 0.5) is 18.9 Å². The highest BCUT2D eigenvalue weighted by molar-refractivity contribution is 6.30. The van der Waals surface area contributed by atoms with Crippen molar-refractivity contribution in [1.29, 1.82) is 0 Å². The van der Waals surface area contributed by atoms with E-state index in [0.717, 1.165) is 9.25 Å². The Morgan fingerprint density at radius 2 is 1.87 bits per heavy atom. The molecule has 0 saturated carbocycles. The van der Waals surface area contributed by atoms with Crippen molar-refractivity contribution in [3.05, 3.63) is 69.9 Å². The summed E-state index contributed by atoms with van der Waals surface area (Å²) in [6.45, 7) is 0.392. The maximum Gasteiger partial charge on any atom is 0.416 e. The largest absolute Gasteiger partial charge is 0.416 e. The first-order valence-electron chi connectivity index (χ1n) is 11.0. The van der Waals surface area contributed by atoms with Gasteiger partial charge < -0.3 is 16.2 Å². The Balaban J connectivity index is 0.00000400. The predicted molar refractivity (Wildman–Crippen MR) is 137 cm³/mol. The van der Waals surface area contributed by atoms with E-state index in [9.17, 15) is 23.1 Å². The molecule has 38 heavy (non-hydrogen) atoms. The van der Waals surface area contributed by atoms with E-state index < -0.39 is 30.6 Å². The Morgan fingerprint density at radius 3 is 2.47 bits per heavy atom. The topological polar surface area (TPSA) is 142 Å². The fourth-order valence-electron chi connectivity index (χ4n) is 3.61. The average molecular weight is 574 g/mol. The summed E-state index contributed by atoms with van der Waals surface area (Å²) in [6.07, 6.45) is -4.55. The summed E-state index contributed by atoms with van der Waals surface area (Å²) in [6, 6.07) is 7.22. The number of nitrogens with zero attached hydrogens (tertiary/aromatic N) is 7. The zero-order valence-electron chi connectivity index (χ0n) is 20.1. The number of aromatic nitrogens is 7. The van der Waals surface area contributed by atoms with Gasteiger partial charge in [0.25, 0.3) is 0 Å². The highest BCUT2D eigenvalue weighted by Gasteiger charge is 2.39. The number of anilines is 1. The van der Waals surface area contributed by atoms with Gasteiger partial charge in [0.05, 0.1) is 24.5 Å². The fourth-order valence-corrected chi connectivity index (χ4v) is 3.73. The Hall–Kier alpha value is -3.46. The molecule has 4 rings (SSSR count). The number of rotatable bonds is 8. The number of benzene rings is 1. The summed E-state index contributed by atoms with van der Waals surface area (Å²) in [7, 11) is 1.72. The Kier molecular flexibility index (Phi) is 8.82. The number of halogens is 5. The molecule has 4 aromatic rings. The number of aliphatic hydroxyl groups is 1. The highest BCUT2D eigenvalue weighted by Crippen LogP contribution is 2.25. The molecule has 0 aliphatic rings. The monoisotopic (exact) mass is 573 g/mol. The molecule has 2 atom stereocenters. The average Bonchev–Trinajstić information content (AvgIpc) is 3.41. The Labute approximate surface area is 225 Å². The quantitative estimate of drug-likeness (QED) is 0.292. The first kappa shape index (κ1) is 29.1. The summed E-state index contributed by atoms with van der Waals surface area (Å²) < 4.78 is 42.5. The minimum atomic E-state index is -4.93. The van der Waals surface area contributed by atoms with Crippen molar-refractivity contribution in [2.45, 2.75) is 38.3 Å². The van der Waals surface area contributed by atoms with Gasteiger partial charge in [-0.2, -0.15) is 13.2 Å². The molecule has 0 saturated heterocycles. The second kappa shape index (κ2) is 11.5. The molecule has 0 amide bonds. The second-order valence-electron chi connectivity index (χ2n) is 8.17. The van der Waals surface area contributed by atoms with Gasteiger partial charge in [0.15, 0.2) is 17.8 Å². The number of pyridine rings is 1. The highest BCUT2D eigenvalue weighted by atomic mass is 35.5. The van der Waals surface area contributed by atoms with Gasteiger partial charge in [-0.25, -0.2) is 19.1 Å². The van der Waals surface area contributed by atoms with Gasteiger partial charge in [-0.3, -0.25) is 9.55 Å². The molecule has 0 fully saturated rings. The molecule has 11 nitrogen and oxygen atoms in total. The van der Waals surface area contributed by atoms with Crippen molar-refractivity contribution in [3.63, 3.8) is 0 Å². The van der Waals surface area contributed by atoms with Crippen molar-refractivity contribution in [2.75, 3.05) is 12.4 Å². The first-order valence-corrected chi connectivity index (χ1v) is 11.4. The van der Waals surface area contributed by atoms with Crippen LogP contribution in [0.15, 0.2) is 47.5 Å². The first-order chi connectivity index (χ1) is 17.5. The maximum absolute atomic E-state index is 13.1. The lowest BCUT2D eigenvalue weighted by molar-refractivity contribution is -0.207. The van der Waals surface area contributed by atoms with E-state index in [0.29, 0.717) is 27.8 Å². The normalized spacial score (nSPS) is 13.2. The van der Waals surface area contributed by atoms with Gasteiger partial charge in [0.1, 0.15) is 18.1 Å². The molecule has 3 aromatic heterocycles. The fraction of sp³-hybridized carbons (Fsp3) is 0.318. The summed E-state index contributed by atoms with van der Waals surface area (Å²) in [5, 5.41) is 21.8. The molecule has 3 heterocycles. The van der Waals surface area contributed by atoms with Crippen LogP contribution in [-0.4, -0.2) is 58.5 Å². The van der Waals surface area contributed by atoms with E-state index >= 15 is 0 Å². The van der Waals surface area contributed by atoms with Gasteiger partial charge >= 0.3 is 11.9 Å². The summed E-state index contributed by atoms with van der Waals surface area (Å²) in [5.74, 6) is 0.433. The molecule has 0 aliphatic carbocycles. The van der Waals surface area contributed by atoms with Gasteiger partial charge in [0.2, 0.25) is 0 Å². The molecule has 0 aliphatic heterocycles. The van der Waals surface area contributed by atoms with Gasteiger partial charge in [0, 0.05) is 23.8 Å². The van der Waals surface area contributed by atoms with Crippen LogP contribution in [-0.2, 0) is 13.1 Å². The summed E-state index contributed by atoms with van der Waals surface area (Å²) in [5.41, 5.74) is 6.80. The lowest BCUT2D eigenvalue weighted by Gasteiger charge is -2.15. The van der Waals surface area contributed by atoms with Crippen molar-refractivity contribution in [2.24, 2.45) is 5.73 Å². The van der Waals surface area contributed by atoms with Crippen LogP contribution in [0.2, 0.25) is 5.02 Å². The summed E-state index contributed by atoms with van der Waals surface area (Å²) in [4.78, 5) is 21.7. The van der Waals surface area contributed by atoms with Crippen molar-refractivity contribution < 1.29 is 18.3 Å². The van der Waals surface area contributed by atoms with Gasteiger partial charge in [-0.15, -0.1) is 22.6 Å². The Morgan fingerprint density at radius 1 is 1.18 bits per heavy atom. The minimum Gasteiger partial charge on any atom is -0.386 e. The van der Waals surface area contributed by atoms with Crippen LogP contribution in [0.5, 0.6) is 0 Å². The van der Waals surface area contributed by atoms with Crippen molar-refractivity contribution >= 4 is 29.7 Å². The molecule has 4 N–H and O–H groups in total. The van der Waals surface area contributed by atoms with Gasteiger partial charge in [-0.1, -0.05) is 11.6 Å². The van der Waals surface area contributed by atoms with Crippen LogP contribution in [0, 0.1) is 0 Å². The zero-order valence-corrected chi connectivity index (χ0v) is 21.7. The number of hydrogen-bond acceptors (Lipinski definition) is 8. The van der Waals surface area contributed by atoms with Crippen molar-refractivity contribution in [3.8, 4) is 17.1 Å². The smallest absolute Gasteiger partial charge is 0.386 e. The molecule has 204 valence electrons. The predicted octanol–water partition coefficient (Wildman–Crippen LogP) is 2.80. The number of aliphatic hydroxyl groups excluding tert-OH is 1. The van der Waals surface area contributed by atoms with Crippen LogP contribution in [0.1, 0.15) is 24.6 Å². The Bertz CT molecular complexity index is 1450. The lowest BCUT2D eigenvalue weighted by atomic mass is 10.2. The van der Waals surface area contributed by atoms with Gasteiger partial charge in [-0.05, 0) is 37.3 Å². The number of hydrogen-bond donors (Lipinski definition) is 3. The second-order valence-corrected chi connectivity index (χ2v) is 8.60. The number of alkyl halides is 3. The molecular weight excluding hydrogens is 550 g/mol. The number of nitrogens with one attached hydrogen (secondary N) is 1. The SMILES string of the molecule is CNc1ccncc1-n1nc(Cn2nc(-c3ccc(Cl)cc3)n(CC(O)C(F)(F)F)c2=O)nc1C(C)N.Cl. The summed E-state index contributed by atoms with van der Waals surface area (Å²) >= 11 is 5.92. The van der Waals surface area contributed by atoms with Crippen LogP contribution >= 0.6 is 24.0 Å². The zero-order chi connectivity index (χ0) is 26.9. The van der Waals surface area contributed by atoms with E-state index in [1.165, 1.54) is 28.9 Å². The molecule has 2 unspecified atom stereocenters. The molecule has 0 bridgehead atoms. The third kappa shape index (κ3) is 5.99. The van der Waals surface area contributed by atoms with E-state index in [-0.39, 0.29) is 30.6 Å². The number of nitrogens with two attached hydrogens (primary N) is 1. The van der Waals surface area contributed by atoms with Crippen LogP contribution < -0.4 is 16.7 Å².